The second kappa shape index (κ2) is 7.13. The first-order valence-corrected chi connectivity index (χ1v) is 7.33. The van der Waals surface area contributed by atoms with Crippen LogP contribution in [0.5, 0.6) is 5.75 Å². The lowest BCUT2D eigenvalue weighted by Gasteiger charge is -2.32. The molecule has 0 aromatic heterocycles. The molecule has 1 aromatic carbocycles. The number of nitrogens with zero attached hydrogens (tertiary/aromatic N) is 2. The highest BCUT2D eigenvalue weighted by Gasteiger charge is 2.13. The maximum Gasteiger partial charge on any atom is 0.138 e. The van der Waals surface area contributed by atoms with E-state index >= 15 is 0 Å². The first kappa shape index (κ1) is 14.6. The molecule has 4 heteroatoms. The van der Waals surface area contributed by atoms with Crippen molar-refractivity contribution in [2.24, 2.45) is 0 Å². The molecule has 1 fully saturated rings. The van der Waals surface area contributed by atoms with Crippen molar-refractivity contribution in [1.82, 2.24) is 9.80 Å². The number of hydrogen-bond acceptors (Lipinski definition) is 3. The normalized spacial score (nSPS) is 17.6. The molecule has 2 rings (SSSR count). The average Bonchev–Trinajstić information content (AvgIpc) is 2.41. The summed E-state index contributed by atoms with van der Waals surface area (Å²) in [6, 6.07) is 5.92. The minimum Gasteiger partial charge on any atom is -0.492 e. The topological polar surface area (TPSA) is 15.7 Å². The SMILES string of the molecule is Cc1cccc(OCCCN2CCN(C)CC2)c1Cl. The zero-order valence-electron chi connectivity index (χ0n) is 11.9. The minimum atomic E-state index is 0.732. The van der Waals surface area contributed by atoms with E-state index in [2.05, 4.69) is 16.8 Å². The van der Waals surface area contributed by atoms with E-state index in [1.807, 2.05) is 25.1 Å². The highest BCUT2D eigenvalue weighted by atomic mass is 35.5. The zero-order chi connectivity index (χ0) is 13.7. The van der Waals surface area contributed by atoms with Crippen molar-refractivity contribution in [3.8, 4) is 5.75 Å². The van der Waals surface area contributed by atoms with E-state index in [0.29, 0.717) is 0 Å². The number of hydrogen-bond donors (Lipinski definition) is 0. The van der Waals surface area contributed by atoms with Gasteiger partial charge >= 0.3 is 0 Å². The summed E-state index contributed by atoms with van der Waals surface area (Å²) in [5, 5.41) is 0.738. The quantitative estimate of drug-likeness (QED) is 0.772. The highest BCUT2D eigenvalue weighted by Crippen LogP contribution is 2.27. The van der Waals surface area contributed by atoms with E-state index in [-0.39, 0.29) is 0 Å². The van der Waals surface area contributed by atoms with Gasteiger partial charge in [-0.25, -0.2) is 0 Å². The van der Waals surface area contributed by atoms with Gasteiger partial charge in [0.25, 0.3) is 0 Å². The van der Waals surface area contributed by atoms with Gasteiger partial charge in [-0.05, 0) is 32.0 Å². The van der Waals surface area contributed by atoms with Crippen LogP contribution in [0.1, 0.15) is 12.0 Å². The number of rotatable bonds is 5. The van der Waals surface area contributed by atoms with Gasteiger partial charge < -0.3 is 14.5 Å². The minimum absolute atomic E-state index is 0.732. The molecular formula is C15H23ClN2O. The Morgan fingerprint density at radius 3 is 2.68 bits per heavy atom. The zero-order valence-corrected chi connectivity index (χ0v) is 12.6. The molecule has 0 amide bonds. The molecule has 0 bridgehead atoms. The number of aryl methyl sites for hydroxylation is 1. The van der Waals surface area contributed by atoms with Crippen molar-refractivity contribution < 1.29 is 4.74 Å². The van der Waals surface area contributed by atoms with Crippen molar-refractivity contribution >= 4 is 11.6 Å². The summed E-state index contributed by atoms with van der Waals surface area (Å²) >= 11 is 6.20. The van der Waals surface area contributed by atoms with Crippen LogP contribution >= 0.6 is 11.6 Å². The Labute approximate surface area is 121 Å². The van der Waals surface area contributed by atoms with Crippen molar-refractivity contribution in [3.05, 3.63) is 28.8 Å². The van der Waals surface area contributed by atoms with Crippen LogP contribution in [-0.2, 0) is 0 Å². The second-order valence-corrected chi connectivity index (χ2v) is 5.61. The second-order valence-electron chi connectivity index (χ2n) is 5.23. The van der Waals surface area contributed by atoms with E-state index in [0.717, 1.165) is 35.9 Å². The maximum atomic E-state index is 6.20. The molecule has 1 heterocycles. The van der Waals surface area contributed by atoms with Crippen LogP contribution in [0.3, 0.4) is 0 Å². The van der Waals surface area contributed by atoms with Gasteiger partial charge in [-0.1, -0.05) is 23.7 Å². The summed E-state index contributed by atoms with van der Waals surface area (Å²) in [6.45, 7) is 8.52. The van der Waals surface area contributed by atoms with Gasteiger partial charge in [0.1, 0.15) is 5.75 Å². The van der Waals surface area contributed by atoms with E-state index in [1.165, 1.54) is 26.2 Å². The fourth-order valence-corrected chi connectivity index (χ4v) is 2.45. The Morgan fingerprint density at radius 1 is 1.21 bits per heavy atom. The van der Waals surface area contributed by atoms with E-state index in [1.54, 1.807) is 0 Å². The molecule has 0 spiro atoms. The predicted molar refractivity (Wildman–Crippen MR) is 80.2 cm³/mol. The van der Waals surface area contributed by atoms with E-state index in [9.17, 15) is 0 Å². The standard InChI is InChI=1S/C15H23ClN2O/c1-13-5-3-6-14(15(13)16)19-12-4-7-18-10-8-17(2)9-11-18/h3,5-6H,4,7-12H2,1-2H3. The number of halogens is 1. The molecule has 1 saturated heterocycles. The van der Waals surface area contributed by atoms with E-state index in [4.69, 9.17) is 16.3 Å². The Bertz CT molecular complexity index is 403. The van der Waals surface area contributed by atoms with Crippen LogP contribution in [0, 0.1) is 6.92 Å². The van der Waals surface area contributed by atoms with E-state index < -0.39 is 0 Å². The number of benzene rings is 1. The molecule has 1 aliphatic heterocycles. The summed E-state index contributed by atoms with van der Waals surface area (Å²) in [5.41, 5.74) is 1.07. The molecule has 1 aliphatic rings. The molecule has 0 aliphatic carbocycles. The maximum absolute atomic E-state index is 6.20. The predicted octanol–water partition coefficient (Wildman–Crippen LogP) is 2.66. The highest BCUT2D eigenvalue weighted by molar-refractivity contribution is 6.32. The van der Waals surface area contributed by atoms with Gasteiger partial charge in [0, 0.05) is 32.7 Å². The average molecular weight is 283 g/mol. The van der Waals surface area contributed by atoms with Gasteiger partial charge in [-0.3, -0.25) is 0 Å². The third kappa shape index (κ3) is 4.37. The lowest BCUT2D eigenvalue weighted by atomic mass is 10.2. The van der Waals surface area contributed by atoms with Gasteiger partial charge in [0.15, 0.2) is 0 Å². The summed E-state index contributed by atoms with van der Waals surface area (Å²) < 4.78 is 5.76. The van der Waals surface area contributed by atoms with Crippen molar-refractivity contribution in [3.63, 3.8) is 0 Å². The Morgan fingerprint density at radius 2 is 1.95 bits per heavy atom. The molecule has 19 heavy (non-hydrogen) atoms. The Kier molecular flexibility index (Phi) is 5.49. The van der Waals surface area contributed by atoms with Crippen molar-refractivity contribution in [2.75, 3.05) is 46.4 Å². The van der Waals surface area contributed by atoms with Gasteiger partial charge in [-0.2, -0.15) is 0 Å². The smallest absolute Gasteiger partial charge is 0.138 e. The Hall–Kier alpha value is -0.770. The van der Waals surface area contributed by atoms with Crippen LogP contribution in [0.25, 0.3) is 0 Å². The van der Waals surface area contributed by atoms with Gasteiger partial charge in [-0.15, -0.1) is 0 Å². The summed E-state index contributed by atoms with van der Waals surface area (Å²) in [7, 11) is 2.18. The van der Waals surface area contributed by atoms with Crippen LogP contribution in [-0.4, -0.2) is 56.2 Å². The molecule has 0 radical (unpaired) electrons. The van der Waals surface area contributed by atoms with Crippen LogP contribution in [0.2, 0.25) is 5.02 Å². The lowest BCUT2D eigenvalue weighted by Crippen LogP contribution is -2.44. The number of piperazine rings is 1. The third-order valence-corrected chi connectivity index (χ3v) is 4.11. The first-order chi connectivity index (χ1) is 9.16. The largest absolute Gasteiger partial charge is 0.492 e. The molecule has 0 saturated carbocycles. The molecule has 0 unspecified atom stereocenters. The molecular weight excluding hydrogens is 260 g/mol. The first-order valence-electron chi connectivity index (χ1n) is 6.95. The number of ether oxygens (including phenoxy) is 1. The molecule has 1 aromatic rings. The lowest BCUT2D eigenvalue weighted by molar-refractivity contribution is 0.145. The summed E-state index contributed by atoms with van der Waals surface area (Å²) in [4.78, 5) is 4.88. The molecule has 0 N–H and O–H groups in total. The number of likely N-dealkylation sites (N-methyl/N-ethyl adjacent to an activating group) is 1. The van der Waals surface area contributed by atoms with Crippen LogP contribution in [0.15, 0.2) is 18.2 Å². The van der Waals surface area contributed by atoms with Crippen molar-refractivity contribution in [1.29, 1.82) is 0 Å². The monoisotopic (exact) mass is 282 g/mol. The fourth-order valence-electron chi connectivity index (χ4n) is 2.27. The third-order valence-electron chi connectivity index (χ3n) is 3.63. The van der Waals surface area contributed by atoms with Crippen LogP contribution < -0.4 is 4.74 Å². The van der Waals surface area contributed by atoms with Crippen LogP contribution in [0.4, 0.5) is 0 Å². The molecule has 3 nitrogen and oxygen atoms in total. The van der Waals surface area contributed by atoms with Gasteiger partial charge in [0.05, 0.1) is 11.6 Å². The Balaban J connectivity index is 1.68. The summed E-state index contributed by atoms with van der Waals surface area (Å²) in [6.07, 6.45) is 1.05. The fraction of sp³-hybridized carbons (Fsp3) is 0.600. The van der Waals surface area contributed by atoms with Gasteiger partial charge in [0.2, 0.25) is 0 Å². The summed E-state index contributed by atoms with van der Waals surface area (Å²) in [5.74, 6) is 0.806. The van der Waals surface area contributed by atoms with Crippen molar-refractivity contribution in [2.45, 2.75) is 13.3 Å². The molecule has 0 atom stereocenters. The molecule has 106 valence electrons.